The molecule has 2 N–H and O–H groups in total. The van der Waals surface area contributed by atoms with Crippen LogP contribution in [0.15, 0.2) is 22.6 Å². The van der Waals surface area contributed by atoms with Gasteiger partial charge in [0.1, 0.15) is 17.6 Å². The summed E-state index contributed by atoms with van der Waals surface area (Å²) in [6, 6.07) is 2.68. The standard InChI is InChI=1S/C13H17NO4/c1-3-4-11(13(16)17)14-12(15)8-7-10-6-5-9(2)18-10/h5-8,11H,3-4H2,1-2H3,(H,14,15)(H,16,17)/b8-7+. The second-order valence-corrected chi connectivity index (χ2v) is 3.97. The van der Waals surface area contributed by atoms with Crippen LogP contribution < -0.4 is 5.32 Å². The van der Waals surface area contributed by atoms with Crippen LogP contribution in [-0.4, -0.2) is 23.0 Å². The van der Waals surface area contributed by atoms with Crippen molar-refractivity contribution in [3.63, 3.8) is 0 Å². The van der Waals surface area contributed by atoms with Gasteiger partial charge in [-0.15, -0.1) is 0 Å². The average molecular weight is 251 g/mol. The van der Waals surface area contributed by atoms with Gasteiger partial charge in [0.05, 0.1) is 0 Å². The summed E-state index contributed by atoms with van der Waals surface area (Å²) >= 11 is 0. The van der Waals surface area contributed by atoms with E-state index in [9.17, 15) is 9.59 Å². The Balaban J connectivity index is 2.54. The number of hydrogen-bond donors (Lipinski definition) is 2. The Hall–Kier alpha value is -2.04. The predicted molar refractivity (Wildman–Crippen MR) is 67.0 cm³/mol. The maximum atomic E-state index is 11.5. The molecular formula is C13H17NO4. The number of carbonyl (C=O) groups excluding carboxylic acids is 1. The van der Waals surface area contributed by atoms with Gasteiger partial charge < -0.3 is 14.8 Å². The fourth-order valence-corrected chi connectivity index (χ4v) is 1.47. The number of hydrogen-bond acceptors (Lipinski definition) is 3. The summed E-state index contributed by atoms with van der Waals surface area (Å²) in [7, 11) is 0. The molecule has 0 saturated carbocycles. The van der Waals surface area contributed by atoms with Crippen molar-refractivity contribution >= 4 is 18.0 Å². The minimum atomic E-state index is -1.02. The van der Waals surface area contributed by atoms with Gasteiger partial charge in [-0.25, -0.2) is 4.79 Å². The van der Waals surface area contributed by atoms with Crippen molar-refractivity contribution in [2.75, 3.05) is 0 Å². The van der Waals surface area contributed by atoms with Crippen molar-refractivity contribution in [2.45, 2.75) is 32.7 Å². The lowest BCUT2D eigenvalue weighted by atomic mass is 10.1. The highest BCUT2D eigenvalue weighted by atomic mass is 16.4. The second kappa shape index (κ2) is 6.64. The van der Waals surface area contributed by atoms with Crippen LogP contribution in [0.3, 0.4) is 0 Å². The Morgan fingerprint density at radius 3 is 2.72 bits per heavy atom. The van der Waals surface area contributed by atoms with Crippen LogP contribution in [0.5, 0.6) is 0 Å². The van der Waals surface area contributed by atoms with Crippen LogP contribution in [0.1, 0.15) is 31.3 Å². The molecule has 0 fully saturated rings. The smallest absolute Gasteiger partial charge is 0.326 e. The summed E-state index contributed by atoms with van der Waals surface area (Å²) in [6.07, 6.45) is 3.88. The maximum Gasteiger partial charge on any atom is 0.326 e. The molecule has 0 aliphatic carbocycles. The predicted octanol–water partition coefficient (Wildman–Crippen LogP) is 1.97. The molecule has 1 amide bonds. The molecule has 0 spiro atoms. The van der Waals surface area contributed by atoms with Crippen molar-refractivity contribution in [3.05, 3.63) is 29.7 Å². The third kappa shape index (κ3) is 4.45. The van der Waals surface area contributed by atoms with Gasteiger partial charge in [-0.05, 0) is 31.6 Å². The Labute approximate surface area is 105 Å². The van der Waals surface area contributed by atoms with Gasteiger partial charge in [0.25, 0.3) is 0 Å². The molecule has 1 aromatic heterocycles. The highest BCUT2D eigenvalue weighted by Gasteiger charge is 2.17. The number of nitrogens with one attached hydrogen (secondary N) is 1. The topological polar surface area (TPSA) is 79.5 Å². The molecule has 1 atom stereocenters. The van der Waals surface area contributed by atoms with Crippen LogP contribution in [0.25, 0.3) is 6.08 Å². The van der Waals surface area contributed by atoms with E-state index in [0.29, 0.717) is 18.6 Å². The van der Waals surface area contributed by atoms with E-state index in [1.165, 1.54) is 12.2 Å². The van der Waals surface area contributed by atoms with Crippen molar-refractivity contribution in [3.8, 4) is 0 Å². The van der Waals surface area contributed by atoms with Crippen LogP contribution in [-0.2, 0) is 9.59 Å². The molecule has 0 saturated heterocycles. The minimum Gasteiger partial charge on any atom is -0.480 e. The van der Waals surface area contributed by atoms with Gasteiger partial charge in [0.2, 0.25) is 5.91 Å². The molecule has 1 aromatic rings. The van der Waals surface area contributed by atoms with Gasteiger partial charge in [-0.2, -0.15) is 0 Å². The van der Waals surface area contributed by atoms with Gasteiger partial charge in [0.15, 0.2) is 0 Å². The van der Waals surface area contributed by atoms with E-state index >= 15 is 0 Å². The van der Waals surface area contributed by atoms with E-state index in [2.05, 4.69) is 5.32 Å². The average Bonchev–Trinajstić information content (AvgIpc) is 2.72. The molecule has 1 heterocycles. The molecular weight excluding hydrogens is 234 g/mol. The van der Waals surface area contributed by atoms with Crippen molar-refractivity contribution in [2.24, 2.45) is 0 Å². The van der Waals surface area contributed by atoms with E-state index in [1.54, 1.807) is 19.1 Å². The molecule has 0 bridgehead atoms. The molecule has 0 radical (unpaired) electrons. The number of rotatable bonds is 6. The first-order valence-electron chi connectivity index (χ1n) is 5.80. The van der Waals surface area contributed by atoms with Crippen molar-refractivity contribution in [1.82, 2.24) is 5.32 Å². The highest BCUT2D eigenvalue weighted by molar-refractivity contribution is 5.94. The van der Waals surface area contributed by atoms with Crippen molar-refractivity contribution < 1.29 is 19.1 Å². The lowest BCUT2D eigenvalue weighted by Gasteiger charge is -2.11. The number of carboxylic acid groups (broad SMARTS) is 1. The van der Waals surface area contributed by atoms with Gasteiger partial charge in [0, 0.05) is 6.08 Å². The van der Waals surface area contributed by atoms with Gasteiger partial charge in [-0.3, -0.25) is 4.79 Å². The Morgan fingerprint density at radius 2 is 2.22 bits per heavy atom. The largest absolute Gasteiger partial charge is 0.480 e. The molecule has 5 nitrogen and oxygen atoms in total. The summed E-state index contributed by atoms with van der Waals surface area (Å²) in [5.74, 6) is -0.146. The number of aryl methyl sites for hydroxylation is 1. The maximum absolute atomic E-state index is 11.5. The van der Waals surface area contributed by atoms with E-state index in [1.807, 2.05) is 6.92 Å². The Kier molecular flexibility index (Phi) is 5.17. The molecule has 98 valence electrons. The highest BCUT2D eigenvalue weighted by Crippen LogP contribution is 2.07. The van der Waals surface area contributed by atoms with Crippen LogP contribution in [0.4, 0.5) is 0 Å². The third-order valence-electron chi connectivity index (χ3n) is 2.35. The van der Waals surface area contributed by atoms with Crippen LogP contribution in [0, 0.1) is 6.92 Å². The lowest BCUT2D eigenvalue weighted by molar-refractivity contribution is -0.141. The van der Waals surface area contributed by atoms with Crippen LogP contribution >= 0.6 is 0 Å². The quantitative estimate of drug-likeness (QED) is 0.757. The Bertz CT molecular complexity index is 448. The van der Waals surface area contributed by atoms with Crippen LogP contribution in [0.2, 0.25) is 0 Å². The van der Waals surface area contributed by atoms with Gasteiger partial charge >= 0.3 is 5.97 Å². The summed E-state index contributed by atoms with van der Waals surface area (Å²) in [5, 5.41) is 11.3. The van der Waals surface area contributed by atoms with Crippen molar-refractivity contribution in [1.29, 1.82) is 0 Å². The number of amides is 1. The number of aliphatic carboxylic acids is 1. The molecule has 5 heteroatoms. The zero-order valence-corrected chi connectivity index (χ0v) is 10.5. The summed E-state index contributed by atoms with van der Waals surface area (Å²) < 4.78 is 5.25. The normalized spacial score (nSPS) is 12.6. The summed E-state index contributed by atoms with van der Waals surface area (Å²) in [4.78, 5) is 22.4. The van der Waals surface area contributed by atoms with E-state index < -0.39 is 17.9 Å². The van der Waals surface area contributed by atoms with E-state index in [4.69, 9.17) is 9.52 Å². The first-order valence-corrected chi connectivity index (χ1v) is 5.80. The summed E-state index contributed by atoms with van der Waals surface area (Å²) in [6.45, 7) is 3.67. The lowest BCUT2D eigenvalue weighted by Crippen LogP contribution is -2.39. The number of furan rings is 1. The minimum absolute atomic E-state index is 0.411. The molecule has 1 rings (SSSR count). The Morgan fingerprint density at radius 1 is 1.50 bits per heavy atom. The molecule has 0 aromatic carbocycles. The van der Waals surface area contributed by atoms with E-state index in [-0.39, 0.29) is 0 Å². The third-order valence-corrected chi connectivity index (χ3v) is 2.35. The fourth-order valence-electron chi connectivity index (χ4n) is 1.47. The van der Waals surface area contributed by atoms with Gasteiger partial charge in [-0.1, -0.05) is 13.3 Å². The second-order valence-electron chi connectivity index (χ2n) is 3.97. The number of carbonyl (C=O) groups is 2. The number of carboxylic acids is 1. The molecule has 1 unspecified atom stereocenters. The molecule has 0 aliphatic rings. The first-order chi connectivity index (χ1) is 8.52. The SMILES string of the molecule is CCCC(NC(=O)/C=C/c1ccc(C)o1)C(=O)O. The zero-order valence-electron chi connectivity index (χ0n) is 10.5. The monoisotopic (exact) mass is 251 g/mol. The van der Waals surface area contributed by atoms with E-state index in [0.717, 1.165) is 5.76 Å². The summed E-state index contributed by atoms with van der Waals surface area (Å²) in [5.41, 5.74) is 0. The first kappa shape index (κ1) is 14.0. The molecule has 18 heavy (non-hydrogen) atoms. The fraction of sp³-hybridized carbons (Fsp3) is 0.385. The molecule has 0 aliphatic heterocycles. The zero-order chi connectivity index (χ0) is 13.5.